The molecule has 0 amide bonds. The SMILES string of the molecule is CCc1occc1C(NC)c1cc(F)ccc1OC. The first-order valence-electron chi connectivity index (χ1n) is 6.28. The lowest BCUT2D eigenvalue weighted by molar-refractivity contribution is 0.403. The summed E-state index contributed by atoms with van der Waals surface area (Å²) in [4.78, 5) is 0. The van der Waals surface area contributed by atoms with Gasteiger partial charge in [-0.2, -0.15) is 0 Å². The molecule has 0 saturated carbocycles. The second-order valence-corrected chi connectivity index (χ2v) is 4.26. The molecule has 0 aliphatic carbocycles. The summed E-state index contributed by atoms with van der Waals surface area (Å²) < 4.78 is 24.3. The molecule has 2 rings (SSSR count). The maximum Gasteiger partial charge on any atom is 0.124 e. The molecule has 0 radical (unpaired) electrons. The third kappa shape index (κ3) is 2.63. The molecule has 1 unspecified atom stereocenters. The van der Waals surface area contributed by atoms with Crippen molar-refractivity contribution >= 4 is 0 Å². The number of rotatable bonds is 5. The summed E-state index contributed by atoms with van der Waals surface area (Å²) in [5, 5.41) is 3.19. The van der Waals surface area contributed by atoms with Gasteiger partial charge in [-0.25, -0.2) is 4.39 Å². The molecule has 2 aromatic rings. The van der Waals surface area contributed by atoms with E-state index < -0.39 is 0 Å². The topological polar surface area (TPSA) is 34.4 Å². The normalized spacial score (nSPS) is 12.4. The van der Waals surface area contributed by atoms with E-state index in [1.165, 1.54) is 12.1 Å². The number of hydrogen-bond acceptors (Lipinski definition) is 3. The molecule has 0 aliphatic heterocycles. The second-order valence-electron chi connectivity index (χ2n) is 4.26. The zero-order chi connectivity index (χ0) is 13.8. The molecule has 1 aromatic carbocycles. The fourth-order valence-electron chi connectivity index (χ4n) is 2.30. The minimum Gasteiger partial charge on any atom is -0.496 e. The molecule has 3 nitrogen and oxygen atoms in total. The Bertz CT molecular complexity index is 551. The Labute approximate surface area is 112 Å². The molecule has 0 bridgehead atoms. The van der Waals surface area contributed by atoms with E-state index in [-0.39, 0.29) is 11.9 Å². The van der Waals surface area contributed by atoms with Gasteiger partial charge in [-0.15, -0.1) is 0 Å². The van der Waals surface area contributed by atoms with E-state index >= 15 is 0 Å². The number of nitrogens with one attached hydrogen (secondary N) is 1. The monoisotopic (exact) mass is 263 g/mol. The molecule has 0 fully saturated rings. The highest BCUT2D eigenvalue weighted by Gasteiger charge is 2.21. The first-order chi connectivity index (χ1) is 9.21. The van der Waals surface area contributed by atoms with Gasteiger partial charge in [0.15, 0.2) is 0 Å². The van der Waals surface area contributed by atoms with Crippen LogP contribution in [0.1, 0.15) is 29.9 Å². The van der Waals surface area contributed by atoms with E-state index in [0.29, 0.717) is 5.75 Å². The van der Waals surface area contributed by atoms with Crippen LogP contribution >= 0.6 is 0 Å². The van der Waals surface area contributed by atoms with Crippen LogP contribution in [0.2, 0.25) is 0 Å². The first kappa shape index (κ1) is 13.6. The van der Waals surface area contributed by atoms with Gasteiger partial charge in [-0.05, 0) is 31.3 Å². The highest BCUT2D eigenvalue weighted by molar-refractivity contribution is 5.42. The van der Waals surface area contributed by atoms with Gasteiger partial charge >= 0.3 is 0 Å². The number of ether oxygens (including phenoxy) is 1. The van der Waals surface area contributed by atoms with E-state index in [2.05, 4.69) is 5.32 Å². The van der Waals surface area contributed by atoms with Crippen LogP contribution in [-0.2, 0) is 6.42 Å². The highest BCUT2D eigenvalue weighted by atomic mass is 19.1. The number of halogens is 1. The fourth-order valence-corrected chi connectivity index (χ4v) is 2.30. The van der Waals surface area contributed by atoms with Gasteiger partial charge in [0, 0.05) is 17.5 Å². The van der Waals surface area contributed by atoms with E-state index in [0.717, 1.165) is 23.3 Å². The molecule has 1 atom stereocenters. The van der Waals surface area contributed by atoms with Crippen LogP contribution < -0.4 is 10.1 Å². The maximum atomic E-state index is 13.5. The van der Waals surface area contributed by atoms with Crippen LogP contribution in [0.15, 0.2) is 34.9 Å². The second kappa shape index (κ2) is 5.89. The van der Waals surface area contributed by atoms with Gasteiger partial charge < -0.3 is 14.5 Å². The largest absolute Gasteiger partial charge is 0.496 e. The summed E-state index contributed by atoms with van der Waals surface area (Å²) in [6, 6.07) is 6.28. The van der Waals surface area contributed by atoms with Crippen molar-refractivity contribution in [2.45, 2.75) is 19.4 Å². The van der Waals surface area contributed by atoms with Crippen molar-refractivity contribution in [2.24, 2.45) is 0 Å². The van der Waals surface area contributed by atoms with Crippen LogP contribution in [-0.4, -0.2) is 14.2 Å². The molecule has 102 valence electrons. The zero-order valence-electron chi connectivity index (χ0n) is 11.4. The molecule has 1 heterocycles. The van der Waals surface area contributed by atoms with Gasteiger partial charge in [-0.1, -0.05) is 6.92 Å². The van der Waals surface area contributed by atoms with E-state index in [9.17, 15) is 4.39 Å². The lowest BCUT2D eigenvalue weighted by Crippen LogP contribution is -2.19. The van der Waals surface area contributed by atoms with Crippen molar-refractivity contribution < 1.29 is 13.5 Å². The number of benzene rings is 1. The van der Waals surface area contributed by atoms with Crippen molar-refractivity contribution in [2.75, 3.05) is 14.2 Å². The number of methoxy groups -OCH3 is 1. The van der Waals surface area contributed by atoms with Crippen LogP contribution in [0.5, 0.6) is 5.75 Å². The van der Waals surface area contributed by atoms with E-state index in [1.807, 2.05) is 20.0 Å². The van der Waals surface area contributed by atoms with Crippen LogP contribution in [0.25, 0.3) is 0 Å². The summed E-state index contributed by atoms with van der Waals surface area (Å²) in [6.07, 6.45) is 2.45. The Kier molecular flexibility index (Phi) is 4.22. The maximum absolute atomic E-state index is 13.5. The number of aryl methyl sites for hydroxylation is 1. The number of hydrogen-bond donors (Lipinski definition) is 1. The predicted molar refractivity (Wildman–Crippen MR) is 71.9 cm³/mol. The standard InChI is InChI=1S/C15H18FNO2/c1-4-13-11(7-8-19-13)15(17-2)12-9-10(16)5-6-14(12)18-3/h5-9,15,17H,4H2,1-3H3. The fraction of sp³-hybridized carbons (Fsp3) is 0.333. The molecule has 0 spiro atoms. The Morgan fingerprint density at radius 2 is 2.11 bits per heavy atom. The van der Waals surface area contributed by atoms with Gasteiger partial charge in [0.2, 0.25) is 0 Å². The van der Waals surface area contributed by atoms with Crippen LogP contribution in [0.3, 0.4) is 0 Å². The average Bonchev–Trinajstić information content (AvgIpc) is 2.88. The van der Waals surface area contributed by atoms with Crippen molar-refractivity contribution in [3.8, 4) is 5.75 Å². The first-order valence-corrected chi connectivity index (χ1v) is 6.28. The Hall–Kier alpha value is -1.81. The zero-order valence-corrected chi connectivity index (χ0v) is 11.4. The van der Waals surface area contributed by atoms with Crippen LogP contribution in [0.4, 0.5) is 4.39 Å². The molecule has 4 heteroatoms. The lowest BCUT2D eigenvalue weighted by atomic mass is 9.97. The molecule has 0 aliphatic rings. The van der Waals surface area contributed by atoms with Gasteiger partial charge in [0.05, 0.1) is 19.4 Å². The minimum atomic E-state index is -0.280. The molecule has 19 heavy (non-hydrogen) atoms. The molecule has 0 saturated heterocycles. The summed E-state index contributed by atoms with van der Waals surface area (Å²) in [5.41, 5.74) is 1.77. The van der Waals surface area contributed by atoms with Gasteiger partial charge in [-0.3, -0.25) is 0 Å². The molecular weight excluding hydrogens is 245 g/mol. The van der Waals surface area contributed by atoms with Crippen LogP contribution in [0, 0.1) is 5.82 Å². The average molecular weight is 263 g/mol. The molecule has 1 N–H and O–H groups in total. The Morgan fingerprint density at radius 1 is 1.32 bits per heavy atom. The Balaban J connectivity index is 2.50. The predicted octanol–water partition coefficient (Wildman–Crippen LogP) is 3.30. The summed E-state index contributed by atoms with van der Waals surface area (Å²) >= 11 is 0. The quantitative estimate of drug-likeness (QED) is 0.898. The lowest BCUT2D eigenvalue weighted by Gasteiger charge is -2.19. The minimum absolute atomic E-state index is 0.153. The van der Waals surface area contributed by atoms with Crippen molar-refractivity contribution in [3.05, 3.63) is 53.2 Å². The summed E-state index contributed by atoms with van der Waals surface area (Å²) in [7, 11) is 3.42. The molecule has 1 aromatic heterocycles. The van der Waals surface area contributed by atoms with Crippen molar-refractivity contribution in [3.63, 3.8) is 0 Å². The summed E-state index contributed by atoms with van der Waals surface area (Å²) in [6.45, 7) is 2.03. The van der Waals surface area contributed by atoms with E-state index in [1.54, 1.807) is 19.4 Å². The summed E-state index contributed by atoms with van der Waals surface area (Å²) in [5.74, 6) is 1.27. The highest BCUT2D eigenvalue weighted by Crippen LogP contribution is 2.32. The number of furan rings is 1. The van der Waals surface area contributed by atoms with Crippen molar-refractivity contribution in [1.82, 2.24) is 5.32 Å². The van der Waals surface area contributed by atoms with Gasteiger partial charge in [0.25, 0.3) is 0 Å². The Morgan fingerprint density at radius 3 is 2.74 bits per heavy atom. The van der Waals surface area contributed by atoms with Crippen molar-refractivity contribution in [1.29, 1.82) is 0 Å². The smallest absolute Gasteiger partial charge is 0.124 e. The third-order valence-corrected chi connectivity index (χ3v) is 3.20. The van der Waals surface area contributed by atoms with Gasteiger partial charge in [0.1, 0.15) is 17.3 Å². The molecular formula is C15H18FNO2. The van der Waals surface area contributed by atoms with E-state index in [4.69, 9.17) is 9.15 Å². The third-order valence-electron chi connectivity index (χ3n) is 3.20.